The van der Waals surface area contributed by atoms with Crippen LogP contribution in [-0.4, -0.2) is 67.1 Å². The third-order valence-corrected chi connectivity index (χ3v) is 4.93. The number of aldehydes is 1. The van der Waals surface area contributed by atoms with Crippen molar-refractivity contribution in [3.05, 3.63) is 36.7 Å². The maximum atomic E-state index is 12.2. The van der Waals surface area contributed by atoms with Gasteiger partial charge in [0, 0.05) is 51.5 Å². The average Bonchev–Trinajstić information content (AvgIpc) is 2.80. The molecule has 2 aromatic rings. The number of anilines is 2. The van der Waals surface area contributed by atoms with Crippen molar-refractivity contribution in [3.8, 4) is 11.5 Å². The molecule has 11 nitrogen and oxygen atoms in total. The molecule has 3 N–H and O–H groups in total. The maximum Gasteiger partial charge on any atom is 0.322 e. The summed E-state index contributed by atoms with van der Waals surface area (Å²) in [6, 6.07) is 5.71. The lowest BCUT2D eigenvalue weighted by Crippen LogP contribution is -2.43. The lowest BCUT2D eigenvalue weighted by Gasteiger charge is -2.31. The van der Waals surface area contributed by atoms with Crippen molar-refractivity contribution in [2.24, 2.45) is 5.41 Å². The predicted octanol–water partition coefficient (Wildman–Crippen LogP) is 2.48. The fourth-order valence-electron chi connectivity index (χ4n) is 2.95. The minimum Gasteiger partial charge on any atom is -0.456 e. The third-order valence-electron chi connectivity index (χ3n) is 4.93. The van der Waals surface area contributed by atoms with Crippen molar-refractivity contribution in [1.82, 2.24) is 20.2 Å². The first-order valence-corrected chi connectivity index (χ1v) is 10.1. The molecule has 4 amide bonds. The Balaban J connectivity index is 1.52. The fourth-order valence-corrected chi connectivity index (χ4v) is 2.95. The zero-order chi connectivity index (χ0) is 23.0. The van der Waals surface area contributed by atoms with Crippen LogP contribution in [0.15, 0.2) is 36.7 Å². The molecule has 0 aromatic carbocycles. The molecule has 32 heavy (non-hydrogen) atoms. The van der Waals surface area contributed by atoms with Crippen LogP contribution in [0.1, 0.15) is 12.8 Å². The summed E-state index contributed by atoms with van der Waals surface area (Å²) in [7, 11) is 3.25. The van der Waals surface area contributed by atoms with Crippen LogP contribution < -0.4 is 20.7 Å². The summed E-state index contributed by atoms with van der Waals surface area (Å²) in [5.41, 5.74) is -0.587. The Morgan fingerprint density at radius 3 is 2.56 bits per heavy atom. The summed E-state index contributed by atoms with van der Waals surface area (Å²) < 4.78 is 11.0. The van der Waals surface area contributed by atoms with E-state index in [2.05, 4.69) is 25.9 Å². The van der Waals surface area contributed by atoms with Crippen LogP contribution in [0.4, 0.5) is 21.2 Å². The minimum absolute atomic E-state index is 0.238. The molecule has 0 spiro atoms. The van der Waals surface area contributed by atoms with Gasteiger partial charge in [-0.3, -0.25) is 10.6 Å². The molecular formula is C21H26N6O5. The minimum atomic E-state index is -0.587. The number of aromatic nitrogens is 2. The Kier molecular flexibility index (Phi) is 7.55. The van der Waals surface area contributed by atoms with Crippen LogP contribution in [0.3, 0.4) is 0 Å². The molecule has 0 aliphatic carbocycles. The Morgan fingerprint density at radius 2 is 1.91 bits per heavy atom. The molecule has 1 aliphatic heterocycles. The molecule has 1 saturated heterocycles. The van der Waals surface area contributed by atoms with Gasteiger partial charge in [0.2, 0.25) is 0 Å². The second-order valence-corrected chi connectivity index (χ2v) is 7.58. The van der Waals surface area contributed by atoms with Crippen LogP contribution >= 0.6 is 0 Å². The average molecular weight is 442 g/mol. The monoisotopic (exact) mass is 442 g/mol. The van der Waals surface area contributed by atoms with Crippen LogP contribution in [0.25, 0.3) is 0 Å². The van der Waals surface area contributed by atoms with Crippen LogP contribution in [0.5, 0.6) is 11.5 Å². The summed E-state index contributed by atoms with van der Waals surface area (Å²) in [6.07, 6.45) is 5.03. The van der Waals surface area contributed by atoms with Gasteiger partial charge >= 0.3 is 12.1 Å². The fraction of sp³-hybridized carbons (Fsp3) is 0.381. The van der Waals surface area contributed by atoms with Crippen molar-refractivity contribution in [2.45, 2.75) is 12.8 Å². The summed E-state index contributed by atoms with van der Waals surface area (Å²) in [6.45, 7) is 1.25. The van der Waals surface area contributed by atoms with Gasteiger partial charge in [0.05, 0.1) is 6.20 Å². The van der Waals surface area contributed by atoms with Crippen molar-refractivity contribution in [2.75, 3.05) is 44.5 Å². The largest absolute Gasteiger partial charge is 0.456 e. The van der Waals surface area contributed by atoms with Crippen LogP contribution in [-0.2, 0) is 9.53 Å². The van der Waals surface area contributed by atoms with E-state index in [-0.39, 0.29) is 12.6 Å². The standard InChI is InChI=1S/C21H26N6O5/c1-27(2)20(30)26-18-11-15(5-8-22-18)32-16-3-4-17(23-12-16)25-19(29)24-13-21(14-28)6-9-31-10-7-21/h3-5,8,11-12,14H,6-7,9-10,13H2,1-2H3,(H,22,26,30)(H2,23,24,25,29). The highest BCUT2D eigenvalue weighted by atomic mass is 16.5. The Bertz CT molecular complexity index is 944. The van der Waals surface area contributed by atoms with Gasteiger partial charge in [0.1, 0.15) is 29.4 Å². The van der Waals surface area contributed by atoms with Gasteiger partial charge in [-0.15, -0.1) is 0 Å². The number of hydrogen-bond donors (Lipinski definition) is 3. The first-order chi connectivity index (χ1) is 15.4. The summed E-state index contributed by atoms with van der Waals surface area (Å²) >= 11 is 0. The van der Waals surface area contributed by atoms with Gasteiger partial charge in [-0.05, 0) is 31.0 Å². The lowest BCUT2D eigenvalue weighted by molar-refractivity contribution is -0.120. The van der Waals surface area contributed by atoms with Gasteiger partial charge in [-0.1, -0.05) is 0 Å². The van der Waals surface area contributed by atoms with Gasteiger partial charge in [0.25, 0.3) is 0 Å². The van der Waals surface area contributed by atoms with Crippen molar-refractivity contribution < 1.29 is 23.9 Å². The van der Waals surface area contributed by atoms with E-state index in [0.717, 1.165) is 6.29 Å². The Labute approximate surface area is 185 Å². The second kappa shape index (κ2) is 10.5. The van der Waals surface area contributed by atoms with E-state index in [9.17, 15) is 14.4 Å². The molecule has 0 bridgehead atoms. The smallest absolute Gasteiger partial charge is 0.322 e. The van der Waals surface area contributed by atoms with Crippen molar-refractivity contribution in [1.29, 1.82) is 0 Å². The number of rotatable bonds is 7. The highest BCUT2D eigenvalue weighted by Crippen LogP contribution is 2.27. The van der Waals surface area contributed by atoms with Gasteiger partial charge in [-0.25, -0.2) is 19.6 Å². The zero-order valence-electron chi connectivity index (χ0n) is 18.0. The van der Waals surface area contributed by atoms with E-state index in [1.165, 1.54) is 17.3 Å². The highest BCUT2D eigenvalue weighted by molar-refractivity contribution is 5.88. The Morgan fingerprint density at radius 1 is 1.12 bits per heavy atom. The number of pyridine rings is 2. The van der Waals surface area contributed by atoms with E-state index >= 15 is 0 Å². The highest BCUT2D eigenvalue weighted by Gasteiger charge is 2.32. The zero-order valence-corrected chi connectivity index (χ0v) is 18.0. The van der Waals surface area contributed by atoms with Gasteiger partial charge < -0.3 is 24.5 Å². The molecule has 1 fully saturated rings. The lowest BCUT2D eigenvalue weighted by atomic mass is 9.82. The molecule has 0 radical (unpaired) electrons. The number of carbonyl (C=O) groups excluding carboxylic acids is 3. The number of ether oxygens (including phenoxy) is 2. The molecule has 0 unspecified atom stereocenters. The molecule has 11 heteroatoms. The maximum absolute atomic E-state index is 12.2. The van der Waals surface area contributed by atoms with Crippen LogP contribution in [0.2, 0.25) is 0 Å². The number of nitrogens with zero attached hydrogens (tertiary/aromatic N) is 3. The molecule has 0 saturated carbocycles. The normalized spacial score (nSPS) is 14.7. The van der Waals surface area contributed by atoms with Crippen LogP contribution in [0, 0.1) is 5.41 Å². The number of amides is 4. The van der Waals surface area contributed by atoms with Gasteiger partial charge in [-0.2, -0.15) is 0 Å². The summed E-state index contributed by atoms with van der Waals surface area (Å²) in [4.78, 5) is 45.0. The number of nitrogens with one attached hydrogen (secondary N) is 3. The molecule has 0 atom stereocenters. The first-order valence-electron chi connectivity index (χ1n) is 10.1. The molecular weight excluding hydrogens is 416 g/mol. The molecule has 1 aliphatic rings. The van der Waals surface area contributed by atoms with E-state index < -0.39 is 11.4 Å². The first kappa shape index (κ1) is 22.9. The van der Waals surface area contributed by atoms with E-state index in [0.29, 0.717) is 49.2 Å². The quantitative estimate of drug-likeness (QED) is 0.561. The van der Waals surface area contributed by atoms with E-state index in [1.54, 1.807) is 38.4 Å². The van der Waals surface area contributed by atoms with E-state index in [4.69, 9.17) is 9.47 Å². The number of hydrogen-bond acceptors (Lipinski definition) is 7. The summed E-state index contributed by atoms with van der Waals surface area (Å²) in [5.74, 6) is 1.58. The molecule has 170 valence electrons. The van der Waals surface area contributed by atoms with Crippen molar-refractivity contribution >= 4 is 30.0 Å². The number of urea groups is 2. The summed E-state index contributed by atoms with van der Waals surface area (Å²) in [5, 5.41) is 7.99. The SMILES string of the molecule is CN(C)C(=O)Nc1cc(Oc2ccc(NC(=O)NCC3(C=O)CCOCC3)nc2)ccn1. The molecule has 3 rings (SSSR count). The second-order valence-electron chi connectivity index (χ2n) is 7.58. The Hall–Kier alpha value is -3.73. The topological polar surface area (TPSA) is 135 Å². The predicted molar refractivity (Wildman–Crippen MR) is 117 cm³/mol. The van der Waals surface area contributed by atoms with Crippen molar-refractivity contribution in [3.63, 3.8) is 0 Å². The number of carbonyl (C=O) groups is 3. The van der Waals surface area contributed by atoms with E-state index in [1.807, 2.05) is 0 Å². The molecule has 3 heterocycles. The third kappa shape index (κ3) is 6.38. The molecule has 2 aromatic heterocycles. The van der Waals surface area contributed by atoms with Gasteiger partial charge in [0.15, 0.2) is 0 Å².